The number of benzene rings is 1. The molecule has 7 heteroatoms. The lowest BCUT2D eigenvalue weighted by Crippen LogP contribution is -2.51. The first-order chi connectivity index (χ1) is 13.1. The van der Waals surface area contributed by atoms with E-state index in [1.807, 2.05) is 13.1 Å². The van der Waals surface area contributed by atoms with Crippen molar-refractivity contribution < 1.29 is 4.79 Å². The van der Waals surface area contributed by atoms with E-state index in [2.05, 4.69) is 15.2 Å². The van der Waals surface area contributed by atoms with Crippen molar-refractivity contribution >= 4 is 16.8 Å². The van der Waals surface area contributed by atoms with Gasteiger partial charge in [0.15, 0.2) is 0 Å². The molecule has 2 saturated heterocycles. The molecule has 3 heterocycles. The standard InChI is InChI=1S/C20H27N5O2/c1-23(13-15-7-6-12-24-11-5-4-10-18(15)24)19(26)14-25-20(27)16-8-2-3-9-17(16)21-22-25/h2-3,8-9,15,18H,4-7,10-14H2,1H3/t15-,18+/m0/s1. The Bertz CT molecular complexity index is 878. The van der Waals surface area contributed by atoms with Crippen LogP contribution in [0.25, 0.3) is 10.9 Å². The van der Waals surface area contributed by atoms with Crippen LogP contribution in [0.3, 0.4) is 0 Å². The van der Waals surface area contributed by atoms with Gasteiger partial charge in [0.05, 0.1) is 5.39 Å². The summed E-state index contributed by atoms with van der Waals surface area (Å²) in [5.74, 6) is 0.432. The molecule has 0 aliphatic carbocycles. The maximum atomic E-state index is 12.7. The van der Waals surface area contributed by atoms with Gasteiger partial charge >= 0.3 is 0 Å². The summed E-state index contributed by atoms with van der Waals surface area (Å²) in [5.41, 5.74) is 0.289. The van der Waals surface area contributed by atoms with Crippen LogP contribution in [-0.4, -0.2) is 63.4 Å². The van der Waals surface area contributed by atoms with E-state index in [4.69, 9.17) is 0 Å². The van der Waals surface area contributed by atoms with Gasteiger partial charge in [0, 0.05) is 19.6 Å². The number of amides is 1. The van der Waals surface area contributed by atoms with E-state index in [0.29, 0.717) is 22.9 Å². The van der Waals surface area contributed by atoms with Crippen LogP contribution in [0.5, 0.6) is 0 Å². The number of nitrogens with zero attached hydrogens (tertiary/aromatic N) is 5. The van der Waals surface area contributed by atoms with Gasteiger partial charge in [0.2, 0.25) is 5.91 Å². The topological polar surface area (TPSA) is 71.3 Å². The molecule has 0 unspecified atom stereocenters. The van der Waals surface area contributed by atoms with Gasteiger partial charge in [-0.15, -0.1) is 5.10 Å². The van der Waals surface area contributed by atoms with Crippen molar-refractivity contribution in [3.8, 4) is 0 Å². The minimum absolute atomic E-state index is 0.0612. The van der Waals surface area contributed by atoms with Gasteiger partial charge in [-0.1, -0.05) is 23.8 Å². The highest BCUT2D eigenvalue weighted by Gasteiger charge is 2.34. The quantitative estimate of drug-likeness (QED) is 0.817. The fourth-order valence-electron chi connectivity index (χ4n) is 4.62. The number of piperidine rings is 2. The number of fused-ring (bicyclic) bond motifs is 2. The molecule has 7 nitrogen and oxygen atoms in total. The molecule has 2 aliphatic heterocycles. The zero-order chi connectivity index (χ0) is 18.8. The molecule has 1 aromatic heterocycles. The number of hydrogen-bond acceptors (Lipinski definition) is 5. The van der Waals surface area contributed by atoms with Crippen LogP contribution in [0.1, 0.15) is 32.1 Å². The van der Waals surface area contributed by atoms with Crippen LogP contribution >= 0.6 is 0 Å². The highest BCUT2D eigenvalue weighted by Crippen LogP contribution is 2.31. The van der Waals surface area contributed by atoms with Gasteiger partial charge in [-0.05, 0) is 56.8 Å². The maximum absolute atomic E-state index is 12.7. The normalized spacial score (nSPS) is 23.1. The minimum atomic E-state index is -0.265. The second-order valence-electron chi connectivity index (χ2n) is 7.85. The van der Waals surface area contributed by atoms with Crippen LogP contribution in [0.15, 0.2) is 29.1 Å². The summed E-state index contributed by atoms with van der Waals surface area (Å²) in [4.78, 5) is 29.6. The first-order valence-corrected chi connectivity index (χ1v) is 9.94. The molecule has 0 radical (unpaired) electrons. The molecular formula is C20H27N5O2. The molecule has 2 atom stereocenters. The van der Waals surface area contributed by atoms with E-state index in [1.165, 1.54) is 49.9 Å². The van der Waals surface area contributed by atoms with Gasteiger partial charge in [-0.3, -0.25) is 9.59 Å². The van der Waals surface area contributed by atoms with Crippen LogP contribution in [-0.2, 0) is 11.3 Å². The minimum Gasteiger partial charge on any atom is -0.344 e. The summed E-state index contributed by atoms with van der Waals surface area (Å²) in [6.45, 7) is 3.08. The van der Waals surface area contributed by atoms with Gasteiger partial charge in [0.1, 0.15) is 12.1 Å². The van der Waals surface area contributed by atoms with Gasteiger partial charge < -0.3 is 9.80 Å². The molecular weight excluding hydrogens is 342 g/mol. The van der Waals surface area contributed by atoms with E-state index in [1.54, 1.807) is 23.1 Å². The van der Waals surface area contributed by atoms with Crippen molar-refractivity contribution in [3.63, 3.8) is 0 Å². The number of aromatic nitrogens is 3. The van der Waals surface area contributed by atoms with Crippen molar-refractivity contribution in [1.82, 2.24) is 24.8 Å². The second-order valence-corrected chi connectivity index (χ2v) is 7.85. The second kappa shape index (κ2) is 7.76. The van der Waals surface area contributed by atoms with Gasteiger partial charge in [-0.25, -0.2) is 4.68 Å². The van der Waals surface area contributed by atoms with Crippen molar-refractivity contribution in [2.45, 2.75) is 44.7 Å². The predicted octanol–water partition coefficient (Wildman–Crippen LogP) is 1.51. The smallest absolute Gasteiger partial charge is 0.278 e. The van der Waals surface area contributed by atoms with Crippen LogP contribution < -0.4 is 5.56 Å². The monoisotopic (exact) mass is 369 g/mol. The summed E-state index contributed by atoms with van der Waals surface area (Å²) in [6.07, 6.45) is 6.20. The third-order valence-electron chi connectivity index (χ3n) is 6.08. The lowest BCUT2D eigenvalue weighted by Gasteiger charge is -2.45. The number of rotatable bonds is 4. The Morgan fingerprint density at radius 1 is 1.19 bits per heavy atom. The summed E-state index contributed by atoms with van der Waals surface area (Å²) < 4.78 is 1.18. The lowest BCUT2D eigenvalue weighted by molar-refractivity contribution is -0.132. The van der Waals surface area contributed by atoms with Gasteiger partial charge in [-0.2, -0.15) is 0 Å². The highest BCUT2D eigenvalue weighted by molar-refractivity contribution is 5.78. The number of hydrogen-bond donors (Lipinski definition) is 0. The van der Waals surface area contributed by atoms with Crippen LogP contribution in [0, 0.1) is 5.92 Å². The Morgan fingerprint density at radius 2 is 2.00 bits per heavy atom. The largest absolute Gasteiger partial charge is 0.344 e. The Kier molecular flexibility index (Phi) is 5.20. The number of carbonyl (C=O) groups is 1. The highest BCUT2D eigenvalue weighted by atomic mass is 16.2. The Morgan fingerprint density at radius 3 is 2.89 bits per heavy atom. The molecule has 144 valence electrons. The first kappa shape index (κ1) is 18.1. The molecule has 1 aromatic carbocycles. The molecule has 4 rings (SSSR count). The van der Waals surface area contributed by atoms with Crippen LogP contribution in [0.4, 0.5) is 0 Å². The van der Waals surface area contributed by atoms with E-state index >= 15 is 0 Å². The molecule has 27 heavy (non-hydrogen) atoms. The first-order valence-electron chi connectivity index (χ1n) is 9.94. The fourth-order valence-corrected chi connectivity index (χ4v) is 4.62. The third-order valence-corrected chi connectivity index (χ3v) is 6.08. The molecule has 0 bridgehead atoms. The van der Waals surface area contributed by atoms with E-state index < -0.39 is 0 Å². The van der Waals surface area contributed by atoms with Gasteiger partial charge in [0.25, 0.3) is 5.56 Å². The molecule has 2 fully saturated rings. The average molecular weight is 369 g/mol. The van der Waals surface area contributed by atoms with Crippen molar-refractivity contribution in [2.75, 3.05) is 26.7 Å². The molecule has 0 saturated carbocycles. The van der Waals surface area contributed by atoms with E-state index in [-0.39, 0.29) is 18.0 Å². The number of carbonyl (C=O) groups excluding carboxylic acids is 1. The zero-order valence-corrected chi connectivity index (χ0v) is 15.9. The molecule has 0 N–H and O–H groups in total. The third kappa shape index (κ3) is 3.74. The average Bonchev–Trinajstić information content (AvgIpc) is 2.70. The molecule has 2 aromatic rings. The van der Waals surface area contributed by atoms with Crippen molar-refractivity contribution in [2.24, 2.45) is 5.92 Å². The molecule has 2 aliphatic rings. The fraction of sp³-hybridized carbons (Fsp3) is 0.600. The van der Waals surface area contributed by atoms with E-state index in [0.717, 1.165) is 6.54 Å². The Labute approximate surface area is 158 Å². The SMILES string of the molecule is CN(C[C@@H]1CCCN2CCCC[C@H]12)C(=O)Cn1nnc2ccccc2c1=O. The molecule has 0 spiro atoms. The van der Waals surface area contributed by atoms with Crippen molar-refractivity contribution in [3.05, 3.63) is 34.6 Å². The number of likely N-dealkylation sites (N-methyl/N-ethyl adjacent to an activating group) is 1. The van der Waals surface area contributed by atoms with E-state index in [9.17, 15) is 9.59 Å². The summed E-state index contributed by atoms with van der Waals surface area (Å²) in [7, 11) is 1.84. The zero-order valence-electron chi connectivity index (χ0n) is 15.9. The molecule has 1 amide bonds. The predicted molar refractivity (Wildman–Crippen MR) is 103 cm³/mol. The van der Waals surface area contributed by atoms with Crippen molar-refractivity contribution in [1.29, 1.82) is 0 Å². The summed E-state index contributed by atoms with van der Waals surface area (Å²) >= 11 is 0. The van der Waals surface area contributed by atoms with Crippen LogP contribution in [0.2, 0.25) is 0 Å². The summed E-state index contributed by atoms with van der Waals surface area (Å²) in [6, 6.07) is 7.68. The lowest BCUT2D eigenvalue weighted by atomic mass is 9.83. The Balaban J connectivity index is 1.43. The maximum Gasteiger partial charge on any atom is 0.278 e. The summed E-state index contributed by atoms with van der Waals surface area (Å²) in [5, 5.41) is 8.49. The Hall–Kier alpha value is -2.28.